The molecule has 0 aliphatic heterocycles. The molecule has 10 heavy (non-hydrogen) atoms. The maximum absolute atomic E-state index is 10.2. The van der Waals surface area contributed by atoms with Crippen molar-refractivity contribution in [3.63, 3.8) is 0 Å². The smallest absolute Gasteiger partial charge is 0.746 e. The van der Waals surface area contributed by atoms with Gasteiger partial charge in [-0.1, -0.05) is 6.92 Å². The summed E-state index contributed by atoms with van der Waals surface area (Å²) >= 11 is 7.06. The molecular formula is C3H7LiO3S3. The fourth-order valence-corrected chi connectivity index (χ4v) is 0.530. The van der Waals surface area contributed by atoms with Gasteiger partial charge in [0, 0.05) is 0 Å². The summed E-state index contributed by atoms with van der Waals surface area (Å²) in [7, 11) is -4.37. The van der Waals surface area contributed by atoms with Gasteiger partial charge < -0.3 is 4.55 Å². The summed E-state index contributed by atoms with van der Waals surface area (Å²) in [6.45, 7) is 1.52. The predicted molar refractivity (Wildman–Crippen MR) is 40.7 cm³/mol. The minimum atomic E-state index is -4.37. The Morgan fingerprint density at radius 1 is 1.50 bits per heavy atom. The van der Waals surface area contributed by atoms with E-state index in [0.717, 1.165) is 0 Å². The molecule has 0 spiro atoms. The second-order valence-electron chi connectivity index (χ2n) is 1.55. The first kappa shape index (κ1) is 13.8. The molecule has 3 nitrogen and oxygen atoms in total. The van der Waals surface area contributed by atoms with Crippen molar-refractivity contribution in [1.82, 2.24) is 0 Å². The van der Waals surface area contributed by atoms with Crippen LogP contribution in [0.5, 0.6) is 0 Å². The first-order valence-electron chi connectivity index (χ1n) is 2.21. The second-order valence-corrected chi connectivity index (χ2v) is 5.64. The zero-order chi connectivity index (χ0) is 7.71. The molecule has 0 radical (unpaired) electrons. The Kier molecular flexibility index (Phi) is 5.91. The van der Waals surface area contributed by atoms with Crippen molar-refractivity contribution in [3.05, 3.63) is 0 Å². The van der Waals surface area contributed by atoms with Gasteiger partial charge >= 0.3 is 18.9 Å². The van der Waals surface area contributed by atoms with Gasteiger partial charge in [-0.25, -0.2) is 8.42 Å². The van der Waals surface area contributed by atoms with Crippen LogP contribution in [0.15, 0.2) is 0 Å². The van der Waals surface area contributed by atoms with Crippen LogP contribution in [0.25, 0.3) is 0 Å². The summed E-state index contributed by atoms with van der Waals surface area (Å²) in [6.07, 6.45) is 0.0883. The van der Waals surface area contributed by atoms with Crippen molar-refractivity contribution < 1.29 is 31.8 Å². The van der Waals surface area contributed by atoms with Gasteiger partial charge in [0.1, 0.15) is 13.5 Å². The summed E-state index contributed by atoms with van der Waals surface area (Å²) in [5, 5.41) is 0. The molecule has 0 rings (SSSR count). The molecule has 0 amide bonds. The molecule has 0 aromatic rings. The SMILES string of the molecule is CCC(S)(S)S(=O)(=O)[O-].[Li+]. The first-order valence-corrected chi connectivity index (χ1v) is 4.51. The summed E-state index contributed by atoms with van der Waals surface area (Å²) in [5.41, 5.74) is 0. The van der Waals surface area contributed by atoms with Crippen molar-refractivity contribution in [2.45, 2.75) is 16.8 Å². The van der Waals surface area contributed by atoms with Crippen LogP contribution in [-0.4, -0.2) is 16.4 Å². The third-order valence-electron chi connectivity index (χ3n) is 0.861. The normalized spacial score (nSPS) is 12.4. The monoisotopic (exact) mass is 194 g/mol. The van der Waals surface area contributed by atoms with E-state index < -0.39 is 13.5 Å². The van der Waals surface area contributed by atoms with E-state index in [2.05, 4.69) is 25.3 Å². The average Bonchev–Trinajstić information content (AvgIpc) is 1.64. The molecule has 0 saturated heterocycles. The fourth-order valence-electron chi connectivity index (χ4n) is 0.177. The Bertz CT molecular complexity index is 185. The van der Waals surface area contributed by atoms with Crippen LogP contribution in [0.1, 0.15) is 13.3 Å². The average molecular weight is 194 g/mol. The molecule has 0 saturated carbocycles. The molecule has 0 aliphatic rings. The van der Waals surface area contributed by atoms with Crippen LogP contribution in [0.3, 0.4) is 0 Å². The van der Waals surface area contributed by atoms with Gasteiger partial charge in [-0.3, -0.25) is 0 Å². The Balaban J connectivity index is 0. The molecule has 0 bridgehead atoms. The van der Waals surface area contributed by atoms with Gasteiger partial charge in [-0.2, -0.15) is 0 Å². The topological polar surface area (TPSA) is 57.2 Å². The van der Waals surface area contributed by atoms with Crippen molar-refractivity contribution >= 4 is 35.4 Å². The zero-order valence-corrected chi connectivity index (χ0v) is 8.34. The third kappa shape index (κ3) is 3.56. The Morgan fingerprint density at radius 3 is 1.80 bits per heavy atom. The van der Waals surface area contributed by atoms with Crippen molar-refractivity contribution in [1.29, 1.82) is 0 Å². The van der Waals surface area contributed by atoms with Crippen LogP contribution < -0.4 is 18.9 Å². The Labute approximate surface area is 83.7 Å². The maximum Gasteiger partial charge on any atom is 1.00 e. The van der Waals surface area contributed by atoms with Gasteiger partial charge in [-0.05, 0) is 6.42 Å². The molecule has 56 valence electrons. The number of hydrogen-bond acceptors (Lipinski definition) is 5. The standard InChI is InChI=1S/C3H8O3S3.Li/c1-2-3(7,8)9(4,5)6;/h7-8H,2H2,1H3,(H,4,5,6);/q;+1/p-1. The third-order valence-corrected chi connectivity index (χ3v) is 3.92. The van der Waals surface area contributed by atoms with E-state index in [0.29, 0.717) is 0 Å². The van der Waals surface area contributed by atoms with E-state index in [4.69, 9.17) is 0 Å². The molecule has 0 aromatic heterocycles. The summed E-state index contributed by atoms with van der Waals surface area (Å²) in [4.78, 5) is 0. The number of thiol groups is 2. The van der Waals surface area contributed by atoms with E-state index in [1.54, 1.807) is 0 Å². The van der Waals surface area contributed by atoms with Crippen molar-refractivity contribution in [2.24, 2.45) is 0 Å². The minimum absolute atomic E-state index is 0. The molecule has 0 N–H and O–H groups in total. The van der Waals surface area contributed by atoms with E-state index in [1.807, 2.05) is 0 Å². The molecule has 0 unspecified atom stereocenters. The largest absolute Gasteiger partial charge is 1.00 e. The molecular weight excluding hydrogens is 187 g/mol. The first-order chi connectivity index (χ1) is 3.81. The van der Waals surface area contributed by atoms with Gasteiger partial charge in [0.05, 0.1) is 0 Å². The van der Waals surface area contributed by atoms with Crippen LogP contribution in [0.2, 0.25) is 0 Å². The van der Waals surface area contributed by atoms with Crippen LogP contribution in [-0.2, 0) is 10.1 Å². The molecule has 0 aliphatic carbocycles. The zero-order valence-electron chi connectivity index (χ0n) is 5.73. The van der Waals surface area contributed by atoms with Crippen LogP contribution >= 0.6 is 25.3 Å². The van der Waals surface area contributed by atoms with Gasteiger partial charge in [-0.15, -0.1) is 25.3 Å². The fraction of sp³-hybridized carbons (Fsp3) is 1.00. The Hall–Kier alpha value is 1.21. The Morgan fingerprint density at radius 2 is 1.80 bits per heavy atom. The van der Waals surface area contributed by atoms with E-state index in [9.17, 15) is 13.0 Å². The summed E-state index contributed by atoms with van der Waals surface area (Å²) in [5.74, 6) is 0. The van der Waals surface area contributed by atoms with Gasteiger partial charge in [0.2, 0.25) is 0 Å². The molecule has 7 heteroatoms. The van der Waals surface area contributed by atoms with E-state index in [1.165, 1.54) is 6.92 Å². The number of rotatable bonds is 2. The second kappa shape index (κ2) is 4.29. The molecule has 0 atom stereocenters. The predicted octanol–water partition coefficient (Wildman–Crippen LogP) is -2.54. The van der Waals surface area contributed by atoms with Crippen LogP contribution in [0, 0.1) is 0 Å². The minimum Gasteiger partial charge on any atom is -0.746 e. The molecule has 0 fully saturated rings. The van der Waals surface area contributed by atoms with E-state index in [-0.39, 0.29) is 25.3 Å². The van der Waals surface area contributed by atoms with Crippen molar-refractivity contribution in [2.75, 3.05) is 0 Å². The van der Waals surface area contributed by atoms with E-state index >= 15 is 0 Å². The van der Waals surface area contributed by atoms with Crippen molar-refractivity contribution in [3.8, 4) is 0 Å². The molecule has 0 aromatic carbocycles. The quantitative estimate of drug-likeness (QED) is 0.220. The van der Waals surface area contributed by atoms with Crippen LogP contribution in [0.4, 0.5) is 0 Å². The molecule has 0 heterocycles. The summed E-state index contributed by atoms with van der Waals surface area (Å²) < 4.78 is 28.8. The van der Waals surface area contributed by atoms with Gasteiger partial charge in [0.15, 0.2) is 0 Å². The maximum atomic E-state index is 10.2. The number of hydrogen-bond donors (Lipinski definition) is 2. The summed E-state index contributed by atoms with van der Waals surface area (Å²) in [6, 6.07) is 0. The van der Waals surface area contributed by atoms with Gasteiger partial charge in [0.25, 0.3) is 0 Å².